The van der Waals surface area contributed by atoms with E-state index in [0.717, 1.165) is 10.4 Å². The van der Waals surface area contributed by atoms with E-state index in [1.807, 2.05) is 0 Å². The van der Waals surface area contributed by atoms with E-state index in [0.29, 0.717) is 15.7 Å². The van der Waals surface area contributed by atoms with Gasteiger partial charge in [0.2, 0.25) is 10.0 Å². The summed E-state index contributed by atoms with van der Waals surface area (Å²) in [6, 6.07) is 10.8. The first-order chi connectivity index (χ1) is 9.82. The van der Waals surface area contributed by atoms with Crippen molar-refractivity contribution in [1.82, 2.24) is 4.31 Å². The second-order valence-corrected chi connectivity index (χ2v) is 7.46. The second kappa shape index (κ2) is 6.13. The van der Waals surface area contributed by atoms with E-state index >= 15 is 0 Å². The molecule has 0 saturated carbocycles. The van der Waals surface area contributed by atoms with Gasteiger partial charge in [0.15, 0.2) is 0 Å². The van der Waals surface area contributed by atoms with Crippen LogP contribution in [0.15, 0.2) is 51.8 Å². The van der Waals surface area contributed by atoms with Crippen molar-refractivity contribution in [1.29, 1.82) is 0 Å². The molecule has 2 aromatic carbocycles. The van der Waals surface area contributed by atoms with Gasteiger partial charge in [-0.15, -0.1) is 0 Å². The van der Waals surface area contributed by atoms with Crippen LogP contribution in [-0.4, -0.2) is 19.8 Å². The van der Waals surface area contributed by atoms with E-state index in [2.05, 4.69) is 15.9 Å². The fraction of sp³-hybridized carbons (Fsp3) is 0.143. The van der Waals surface area contributed by atoms with E-state index < -0.39 is 15.8 Å². The van der Waals surface area contributed by atoms with Crippen LogP contribution in [0.2, 0.25) is 0 Å². The van der Waals surface area contributed by atoms with Crippen molar-refractivity contribution in [3.8, 4) is 0 Å². The molecule has 0 aliphatic carbocycles. The molecule has 2 N–H and O–H groups in total. The predicted octanol–water partition coefficient (Wildman–Crippen LogP) is 2.99. The van der Waals surface area contributed by atoms with Crippen LogP contribution in [-0.2, 0) is 16.6 Å². The maximum atomic E-state index is 13.9. The minimum Gasteiger partial charge on any atom is -0.398 e. The zero-order valence-corrected chi connectivity index (χ0v) is 13.7. The Morgan fingerprint density at radius 3 is 2.52 bits per heavy atom. The molecule has 0 unspecified atom stereocenters. The van der Waals surface area contributed by atoms with Gasteiger partial charge in [0.05, 0.1) is 0 Å². The molecule has 21 heavy (non-hydrogen) atoms. The van der Waals surface area contributed by atoms with Gasteiger partial charge in [-0.25, -0.2) is 12.8 Å². The number of benzene rings is 2. The highest BCUT2D eigenvalue weighted by molar-refractivity contribution is 9.10. The SMILES string of the molecule is CN(Cc1ccccc1N)S(=O)(=O)c1ccc(Br)cc1F. The van der Waals surface area contributed by atoms with Crippen LogP contribution in [0.5, 0.6) is 0 Å². The smallest absolute Gasteiger partial charge is 0.246 e. The Hall–Kier alpha value is -1.44. The molecule has 4 nitrogen and oxygen atoms in total. The van der Waals surface area contributed by atoms with Gasteiger partial charge in [0.1, 0.15) is 10.7 Å². The first-order valence-electron chi connectivity index (χ1n) is 6.07. The lowest BCUT2D eigenvalue weighted by Gasteiger charge is -2.18. The van der Waals surface area contributed by atoms with Gasteiger partial charge in [0.25, 0.3) is 0 Å². The van der Waals surface area contributed by atoms with Gasteiger partial charge < -0.3 is 5.73 Å². The Morgan fingerprint density at radius 2 is 1.90 bits per heavy atom. The normalized spacial score (nSPS) is 11.8. The number of nitrogens with two attached hydrogens (primary N) is 1. The summed E-state index contributed by atoms with van der Waals surface area (Å²) in [5, 5.41) is 0. The summed E-state index contributed by atoms with van der Waals surface area (Å²) < 4.78 is 40.2. The molecular formula is C14H14BrFN2O2S. The molecule has 2 rings (SSSR count). The lowest BCUT2D eigenvalue weighted by molar-refractivity contribution is 0.460. The molecule has 0 radical (unpaired) electrons. The van der Waals surface area contributed by atoms with Gasteiger partial charge >= 0.3 is 0 Å². The molecule has 0 spiro atoms. The molecule has 0 saturated heterocycles. The van der Waals surface area contributed by atoms with Crippen molar-refractivity contribution in [3.63, 3.8) is 0 Å². The van der Waals surface area contributed by atoms with Gasteiger partial charge in [-0.1, -0.05) is 34.1 Å². The fourth-order valence-electron chi connectivity index (χ4n) is 1.86. The number of sulfonamides is 1. The maximum absolute atomic E-state index is 13.9. The van der Waals surface area contributed by atoms with Crippen LogP contribution in [0.25, 0.3) is 0 Å². The van der Waals surface area contributed by atoms with E-state index in [-0.39, 0.29) is 11.4 Å². The van der Waals surface area contributed by atoms with Crippen LogP contribution in [0, 0.1) is 5.82 Å². The zero-order chi connectivity index (χ0) is 15.6. The van der Waals surface area contributed by atoms with Crippen molar-refractivity contribution in [2.45, 2.75) is 11.4 Å². The maximum Gasteiger partial charge on any atom is 0.246 e. The van der Waals surface area contributed by atoms with Gasteiger partial charge in [-0.3, -0.25) is 0 Å². The highest BCUT2D eigenvalue weighted by atomic mass is 79.9. The highest BCUT2D eigenvalue weighted by Gasteiger charge is 2.25. The Bertz CT molecular complexity index is 765. The standard InChI is InChI=1S/C14H14BrFN2O2S/c1-18(9-10-4-2-3-5-13(10)17)21(19,20)14-7-6-11(15)8-12(14)16/h2-8H,9,17H2,1H3. The number of nitrogen functional groups attached to an aromatic ring is 1. The van der Waals surface area contributed by atoms with Crippen molar-refractivity contribution in [2.24, 2.45) is 0 Å². The van der Waals surface area contributed by atoms with E-state index in [1.54, 1.807) is 24.3 Å². The number of nitrogens with zero attached hydrogens (tertiary/aromatic N) is 1. The Balaban J connectivity index is 2.33. The molecule has 0 aromatic heterocycles. The second-order valence-electron chi connectivity index (χ2n) is 4.53. The van der Waals surface area contributed by atoms with E-state index in [9.17, 15) is 12.8 Å². The molecule has 0 fully saturated rings. The largest absolute Gasteiger partial charge is 0.398 e. The topological polar surface area (TPSA) is 63.4 Å². The van der Waals surface area contributed by atoms with Crippen molar-refractivity contribution < 1.29 is 12.8 Å². The summed E-state index contributed by atoms with van der Waals surface area (Å²) in [7, 11) is -2.53. The molecule has 7 heteroatoms. The summed E-state index contributed by atoms with van der Waals surface area (Å²) in [6.07, 6.45) is 0. The van der Waals surface area contributed by atoms with Crippen molar-refractivity contribution in [3.05, 3.63) is 58.3 Å². The number of rotatable bonds is 4. The van der Waals surface area contributed by atoms with Crippen LogP contribution >= 0.6 is 15.9 Å². The molecule has 0 aliphatic rings. The quantitative estimate of drug-likeness (QED) is 0.839. The summed E-state index contributed by atoms with van der Waals surface area (Å²) in [4.78, 5) is -0.359. The number of hydrogen-bond donors (Lipinski definition) is 1. The van der Waals surface area contributed by atoms with Crippen LogP contribution in [0.1, 0.15) is 5.56 Å². The average Bonchev–Trinajstić information content (AvgIpc) is 2.40. The zero-order valence-electron chi connectivity index (χ0n) is 11.3. The third-order valence-electron chi connectivity index (χ3n) is 3.03. The Morgan fingerprint density at radius 1 is 1.24 bits per heavy atom. The number of anilines is 1. The summed E-state index contributed by atoms with van der Waals surface area (Å²) >= 11 is 3.10. The van der Waals surface area contributed by atoms with Crippen molar-refractivity contribution in [2.75, 3.05) is 12.8 Å². The summed E-state index contributed by atoms with van der Waals surface area (Å²) in [5.74, 6) is -0.794. The monoisotopic (exact) mass is 372 g/mol. The molecule has 0 heterocycles. The summed E-state index contributed by atoms with van der Waals surface area (Å²) in [6.45, 7) is 0.0739. The average molecular weight is 373 g/mol. The third kappa shape index (κ3) is 3.42. The third-order valence-corrected chi connectivity index (χ3v) is 5.36. The minimum atomic E-state index is -3.92. The molecule has 112 valence electrons. The lowest BCUT2D eigenvalue weighted by atomic mass is 10.2. The molecule has 0 aliphatic heterocycles. The molecule has 0 amide bonds. The molecule has 0 atom stereocenters. The number of para-hydroxylation sites is 1. The fourth-order valence-corrected chi connectivity index (χ4v) is 3.38. The Kier molecular flexibility index (Phi) is 4.65. The van der Waals surface area contributed by atoms with Gasteiger partial charge in [-0.05, 0) is 29.8 Å². The number of hydrogen-bond acceptors (Lipinski definition) is 3. The first kappa shape index (κ1) is 15.9. The van der Waals surface area contributed by atoms with E-state index in [1.165, 1.54) is 19.2 Å². The predicted molar refractivity (Wildman–Crippen MR) is 83.6 cm³/mol. The number of halogens is 2. The lowest BCUT2D eigenvalue weighted by Crippen LogP contribution is -2.27. The first-order valence-corrected chi connectivity index (χ1v) is 8.30. The van der Waals surface area contributed by atoms with Crippen LogP contribution < -0.4 is 5.73 Å². The van der Waals surface area contributed by atoms with Gasteiger partial charge in [-0.2, -0.15) is 4.31 Å². The molecular weight excluding hydrogens is 359 g/mol. The van der Waals surface area contributed by atoms with Crippen LogP contribution in [0.3, 0.4) is 0 Å². The Labute approximate surface area is 131 Å². The van der Waals surface area contributed by atoms with Crippen LogP contribution in [0.4, 0.5) is 10.1 Å². The minimum absolute atomic E-state index is 0.0739. The van der Waals surface area contributed by atoms with E-state index in [4.69, 9.17) is 5.73 Å². The highest BCUT2D eigenvalue weighted by Crippen LogP contribution is 2.24. The molecule has 0 bridgehead atoms. The van der Waals surface area contributed by atoms with Crippen molar-refractivity contribution >= 4 is 31.6 Å². The summed E-state index contributed by atoms with van der Waals surface area (Å²) in [5.41, 5.74) is 6.96. The molecule has 2 aromatic rings. The van der Waals surface area contributed by atoms with Gasteiger partial charge in [0, 0.05) is 23.8 Å².